The summed E-state index contributed by atoms with van der Waals surface area (Å²) in [4.78, 5) is 14.8. The highest BCUT2D eigenvalue weighted by molar-refractivity contribution is 6.20. The molecule has 1 aromatic heterocycles. The van der Waals surface area contributed by atoms with Crippen LogP contribution in [0.5, 0.6) is 17.5 Å². The van der Waals surface area contributed by atoms with Crippen molar-refractivity contribution in [2.24, 2.45) is 5.92 Å². The first-order valence-corrected chi connectivity index (χ1v) is 20.3. The minimum Gasteiger partial charge on any atom is -0.507 e. The first kappa shape index (κ1) is 38.0. The van der Waals surface area contributed by atoms with E-state index < -0.39 is 0 Å². The standard InChI is InChI=1S/C47H57N3O3/c1-4-7-9-10-11-12-13-14-15-20-30-52-36-27-29-41(44(51)31-36)45-48-46(50-47(49-45)53-33-34(6-3)21-8-5-2)43-32-42-37-23-17-16-22-35(37)26-28-40(42)38-24-18-19-25-39(38)43/h16-19,22-29,31-32,34,51H,4-15,20-21,30,33H2,1-3H3. The number of phenols is 1. The van der Waals surface area contributed by atoms with Crippen molar-refractivity contribution in [3.05, 3.63) is 84.9 Å². The van der Waals surface area contributed by atoms with Gasteiger partial charge in [-0.15, -0.1) is 0 Å². The maximum Gasteiger partial charge on any atom is 0.320 e. The Hall–Kier alpha value is -4.71. The lowest BCUT2D eigenvalue weighted by atomic mass is 9.93. The summed E-state index contributed by atoms with van der Waals surface area (Å²) < 4.78 is 12.4. The molecule has 6 aromatic rings. The Morgan fingerprint density at radius 2 is 1.19 bits per heavy atom. The van der Waals surface area contributed by atoms with Crippen LogP contribution in [0.4, 0.5) is 0 Å². The van der Waals surface area contributed by atoms with E-state index in [4.69, 9.17) is 24.4 Å². The summed E-state index contributed by atoms with van der Waals surface area (Å²) in [5.74, 6) is 2.00. The van der Waals surface area contributed by atoms with Crippen LogP contribution in [0, 0.1) is 5.92 Å². The van der Waals surface area contributed by atoms with E-state index in [2.05, 4.69) is 87.5 Å². The average Bonchev–Trinajstić information content (AvgIpc) is 3.19. The smallest absolute Gasteiger partial charge is 0.320 e. The number of hydrogen-bond acceptors (Lipinski definition) is 6. The highest BCUT2D eigenvalue weighted by Crippen LogP contribution is 2.39. The van der Waals surface area contributed by atoms with Gasteiger partial charge in [0.2, 0.25) is 0 Å². The van der Waals surface area contributed by atoms with Crippen LogP contribution in [-0.4, -0.2) is 33.3 Å². The summed E-state index contributed by atoms with van der Waals surface area (Å²) in [6.45, 7) is 7.85. The summed E-state index contributed by atoms with van der Waals surface area (Å²) in [6, 6.07) is 29.2. The fraction of sp³-hybridized carbons (Fsp3) is 0.426. The fourth-order valence-corrected chi connectivity index (χ4v) is 7.37. The molecule has 0 saturated heterocycles. The van der Waals surface area contributed by atoms with Crippen molar-refractivity contribution in [3.63, 3.8) is 0 Å². The van der Waals surface area contributed by atoms with Crippen molar-refractivity contribution in [1.29, 1.82) is 0 Å². The van der Waals surface area contributed by atoms with Crippen LogP contribution in [0.3, 0.4) is 0 Å². The number of aromatic hydroxyl groups is 1. The van der Waals surface area contributed by atoms with Gasteiger partial charge in [-0.3, -0.25) is 0 Å². The Morgan fingerprint density at radius 3 is 1.91 bits per heavy atom. The Kier molecular flexibility index (Phi) is 13.9. The molecular formula is C47H57N3O3. The molecule has 6 rings (SSSR count). The van der Waals surface area contributed by atoms with Crippen molar-refractivity contribution in [3.8, 4) is 40.3 Å². The van der Waals surface area contributed by atoms with Gasteiger partial charge in [-0.25, -0.2) is 4.98 Å². The molecule has 1 atom stereocenters. The van der Waals surface area contributed by atoms with Crippen LogP contribution in [0.2, 0.25) is 0 Å². The highest BCUT2D eigenvalue weighted by Gasteiger charge is 2.19. The van der Waals surface area contributed by atoms with Crippen molar-refractivity contribution in [2.75, 3.05) is 13.2 Å². The Morgan fingerprint density at radius 1 is 0.547 bits per heavy atom. The SMILES string of the molecule is CCCCCCCCCCCCOc1ccc(-c2nc(OCC(CC)CCCC)nc(-c3cc4c5ccccc5ccc4c4ccccc34)n2)c(O)c1. The molecule has 0 aliphatic rings. The number of ether oxygens (including phenoxy) is 2. The molecule has 0 radical (unpaired) electrons. The van der Waals surface area contributed by atoms with Gasteiger partial charge in [0.15, 0.2) is 11.6 Å². The maximum atomic E-state index is 11.3. The van der Waals surface area contributed by atoms with Gasteiger partial charge in [-0.1, -0.05) is 158 Å². The quantitative estimate of drug-likeness (QED) is 0.0591. The van der Waals surface area contributed by atoms with Gasteiger partial charge in [0.05, 0.1) is 18.8 Å². The van der Waals surface area contributed by atoms with Gasteiger partial charge in [-0.2, -0.15) is 9.97 Å². The number of hydrogen-bond donors (Lipinski definition) is 1. The topological polar surface area (TPSA) is 77.4 Å². The minimum absolute atomic E-state index is 0.0671. The molecule has 1 heterocycles. The molecule has 0 amide bonds. The molecule has 0 spiro atoms. The molecule has 1 N–H and O–H groups in total. The lowest BCUT2D eigenvalue weighted by Crippen LogP contribution is -2.13. The van der Waals surface area contributed by atoms with E-state index >= 15 is 0 Å². The van der Waals surface area contributed by atoms with Crippen LogP contribution in [0.1, 0.15) is 111 Å². The summed E-state index contributed by atoms with van der Waals surface area (Å²) >= 11 is 0. The number of nitrogens with zero attached hydrogens (tertiary/aromatic N) is 3. The van der Waals surface area contributed by atoms with Gasteiger partial charge in [0, 0.05) is 11.6 Å². The largest absolute Gasteiger partial charge is 0.507 e. The number of benzene rings is 5. The Labute approximate surface area is 316 Å². The summed E-state index contributed by atoms with van der Waals surface area (Å²) in [5.41, 5.74) is 1.41. The molecule has 0 aliphatic heterocycles. The van der Waals surface area contributed by atoms with Crippen LogP contribution >= 0.6 is 0 Å². The molecule has 6 heteroatoms. The van der Waals surface area contributed by atoms with Gasteiger partial charge in [-0.05, 0) is 69.3 Å². The first-order valence-electron chi connectivity index (χ1n) is 20.3. The molecule has 53 heavy (non-hydrogen) atoms. The highest BCUT2D eigenvalue weighted by atomic mass is 16.5. The fourth-order valence-electron chi connectivity index (χ4n) is 7.37. The van der Waals surface area contributed by atoms with E-state index in [0.717, 1.165) is 60.2 Å². The molecule has 5 aromatic carbocycles. The Bertz CT molecular complexity index is 2080. The molecular weight excluding hydrogens is 655 g/mol. The first-order chi connectivity index (χ1) is 26.1. The van der Waals surface area contributed by atoms with Crippen molar-refractivity contribution >= 4 is 32.3 Å². The zero-order valence-corrected chi connectivity index (χ0v) is 32.1. The number of aromatic nitrogens is 3. The zero-order valence-electron chi connectivity index (χ0n) is 32.1. The molecule has 0 bridgehead atoms. The Balaban J connectivity index is 1.27. The van der Waals surface area contributed by atoms with E-state index in [1.807, 2.05) is 12.1 Å². The molecule has 6 nitrogen and oxygen atoms in total. The number of phenolic OH excluding ortho intramolecular Hbond substituents is 1. The molecule has 278 valence electrons. The lowest BCUT2D eigenvalue weighted by Gasteiger charge is -2.16. The van der Waals surface area contributed by atoms with Gasteiger partial charge in [0.1, 0.15) is 11.5 Å². The zero-order chi connectivity index (χ0) is 36.8. The molecule has 0 saturated carbocycles. The summed E-state index contributed by atoms with van der Waals surface area (Å²) in [5, 5.41) is 18.2. The molecule has 0 fully saturated rings. The van der Waals surface area contributed by atoms with Crippen LogP contribution in [0.25, 0.3) is 55.1 Å². The van der Waals surface area contributed by atoms with E-state index in [1.165, 1.54) is 67.5 Å². The number of unbranched alkanes of at least 4 members (excludes halogenated alkanes) is 10. The third kappa shape index (κ3) is 9.84. The molecule has 0 aliphatic carbocycles. The number of fused-ring (bicyclic) bond motifs is 5. The molecule has 1 unspecified atom stereocenters. The normalized spacial score (nSPS) is 12.1. The van der Waals surface area contributed by atoms with Crippen LogP contribution < -0.4 is 9.47 Å². The average molecular weight is 712 g/mol. The van der Waals surface area contributed by atoms with Crippen molar-refractivity contribution in [2.45, 2.75) is 111 Å². The van der Waals surface area contributed by atoms with Gasteiger partial charge < -0.3 is 14.6 Å². The third-order valence-corrected chi connectivity index (χ3v) is 10.6. The second-order valence-electron chi connectivity index (χ2n) is 14.6. The second kappa shape index (κ2) is 19.4. The summed E-state index contributed by atoms with van der Waals surface area (Å²) in [7, 11) is 0. The van der Waals surface area contributed by atoms with E-state index in [9.17, 15) is 5.11 Å². The van der Waals surface area contributed by atoms with Crippen molar-refractivity contribution in [1.82, 2.24) is 15.0 Å². The third-order valence-electron chi connectivity index (χ3n) is 10.6. The van der Waals surface area contributed by atoms with E-state index in [0.29, 0.717) is 42.1 Å². The predicted octanol–water partition coefficient (Wildman–Crippen LogP) is 13.3. The number of rotatable bonds is 21. The minimum atomic E-state index is 0.0671. The van der Waals surface area contributed by atoms with Crippen LogP contribution in [0.15, 0.2) is 84.9 Å². The van der Waals surface area contributed by atoms with Crippen LogP contribution in [-0.2, 0) is 0 Å². The van der Waals surface area contributed by atoms with Gasteiger partial charge >= 0.3 is 6.01 Å². The van der Waals surface area contributed by atoms with E-state index in [1.54, 1.807) is 6.07 Å². The maximum absolute atomic E-state index is 11.3. The van der Waals surface area contributed by atoms with E-state index in [-0.39, 0.29) is 11.8 Å². The lowest BCUT2D eigenvalue weighted by molar-refractivity contribution is 0.217. The summed E-state index contributed by atoms with van der Waals surface area (Å²) in [6.07, 6.45) is 17.2. The predicted molar refractivity (Wildman–Crippen MR) is 221 cm³/mol. The van der Waals surface area contributed by atoms with Crippen molar-refractivity contribution < 1.29 is 14.6 Å². The monoisotopic (exact) mass is 711 g/mol. The van der Waals surface area contributed by atoms with Gasteiger partial charge in [0.25, 0.3) is 0 Å². The second-order valence-corrected chi connectivity index (χ2v) is 14.6.